The third-order valence-electron chi connectivity index (χ3n) is 1.12. The molecule has 0 unspecified atom stereocenters. The van der Waals surface area contributed by atoms with E-state index in [2.05, 4.69) is 29.2 Å². The number of alkyl halides is 1. The van der Waals surface area contributed by atoms with Crippen molar-refractivity contribution in [3.05, 3.63) is 10.2 Å². The quantitative estimate of drug-likeness (QED) is 0.604. The van der Waals surface area contributed by atoms with E-state index in [9.17, 15) is 0 Å². The lowest BCUT2D eigenvalue weighted by Gasteiger charge is -2.05. The number of hydrogen-bond donors (Lipinski definition) is 1. The van der Waals surface area contributed by atoms with E-state index in [1.54, 1.807) is 0 Å². The molecule has 0 aromatic carbocycles. The molecule has 0 aromatic heterocycles. The normalized spacial score (nSPS) is 13.1. The third kappa shape index (κ3) is 6.83. The van der Waals surface area contributed by atoms with Crippen LogP contribution in [0.3, 0.4) is 0 Å². The predicted molar refractivity (Wildman–Crippen MR) is 53.7 cm³/mol. The van der Waals surface area contributed by atoms with E-state index in [0.717, 1.165) is 22.8 Å². The molecule has 0 spiro atoms. The van der Waals surface area contributed by atoms with Crippen LogP contribution in [0.5, 0.6) is 0 Å². The van der Waals surface area contributed by atoms with Crippen molar-refractivity contribution < 1.29 is 5.11 Å². The summed E-state index contributed by atoms with van der Waals surface area (Å²) in [5, 5.41) is 8.62. The molecule has 1 atom stereocenters. The van der Waals surface area contributed by atoms with Crippen LogP contribution >= 0.6 is 34.2 Å². The van der Waals surface area contributed by atoms with E-state index in [1.807, 2.05) is 0 Å². The maximum Gasteiger partial charge on any atom is 0.0431 e. The van der Waals surface area contributed by atoms with E-state index < -0.39 is 0 Å². The highest BCUT2D eigenvalue weighted by atomic mass is 127. The van der Waals surface area contributed by atoms with Crippen molar-refractivity contribution in [1.29, 1.82) is 0 Å². The Labute approximate surface area is 80.6 Å². The number of rotatable bonds is 5. The van der Waals surface area contributed by atoms with E-state index in [1.165, 1.54) is 0 Å². The lowest BCUT2D eigenvalue weighted by molar-refractivity contribution is 0.284. The Kier molecular flexibility index (Phi) is 6.89. The van der Waals surface area contributed by atoms with Crippen LogP contribution in [0.15, 0.2) is 10.2 Å². The van der Waals surface area contributed by atoms with E-state index in [-0.39, 0.29) is 12.0 Å². The molecule has 0 saturated heterocycles. The SMILES string of the molecule is C=C(I)C[C@H](Cl)CCCO. The lowest BCUT2D eigenvalue weighted by atomic mass is 10.2. The van der Waals surface area contributed by atoms with Gasteiger partial charge in [0.05, 0.1) is 0 Å². The second kappa shape index (κ2) is 6.43. The molecule has 1 N–H and O–H groups in total. The first-order valence-electron chi connectivity index (χ1n) is 3.25. The van der Waals surface area contributed by atoms with Gasteiger partial charge in [0.1, 0.15) is 0 Å². The second-order valence-electron chi connectivity index (χ2n) is 2.18. The van der Waals surface area contributed by atoms with Crippen LogP contribution in [0.4, 0.5) is 0 Å². The number of aliphatic hydroxyl groups is 1. The van der Waals surface area contributed by atoms with Crippen molar-refractivity contribution in [1.82, 2.24) is 0 Å². The molecule has 10 heavy (non-hydrogen) atoms. The van der Waals surface area contributed by atoms with Crippen molar-refractivity contribution in [3.63, 3.8) is 0 Å². The van der Waals surface area contributed by atoms with Crippen LogP contribution < -0.4 is 0 Å². The molecule has 60 valence electrons. The van der Waals surface area contributed by atoms with Crippen LogP contribution in [0.2, 0.25) is 0 Å². The summed E-state index contributed by atoms with van der Waals surface area (Å²) >= 11 is 8.05. The highest BCUT2D eigenvalue weighted by Crippen LogP contribution is 2.18. The zero-order chi connectivity index (χ0) is 7.98. The average molecular weight is 275 g/mol. The van der Waals surface area contributed by atoms with E-state index >= 15 is 0 Å². The van der Waals surface area contributed by atoms with E-state index in [0.29, 0.717) is 0 Å². The smallest absolute Gasteiger partial charge is 0.0431 e. The Balaban J connectivity index is 3.25. The first kappa shape index (κ1) is 10.7. The summed E-state index contributed by atoms with van der Waals surface area (Å²) in [5.41, 5.74) is 0. The van der Waals surface area contributed by atoms with Gasteiger partial charge in [-0.1, -0.05) is 6.58 Å². The Morgan fingerprint density at radius 3 is 2.70 bits per heavy atom. The van der Waals surface area contributed by atoms with Crippen molar-refractivity contribution in [3.8, 4) is 0 Å². The summed E-state index contributed by atoms with van der Waals surface area (Å²) in [4.78, 5) is 0. The fourth-order valence-corrected chi connectivity index (χ4v) is 1.79. The number of hydrogen-bond acceptors (Lipinski definition) is 1. The van der Waals surface area contributed by atoms with Gasteiger partial charge in [0.2, 0.25) is 0 Å². The molecule has 0 fully saturated rings. The maximum atomic E-state index is 8.47. The largest absolute Gasteiger partial charge is 0.396 e. The van der Waals surface area contributed by atoms with Gasteiger partial charge in [-0.3, -0.25) is 0 Å². The molecule has 0 aliphatic rings. The van der Waals surface area contributed by atoms with Gasteiger partial charge >= 0.3 is 0 Å². The van der Waals surface area contributed by atoms with Gasteiger partial charge in [-0.05, 0) is 45.4 Å². The zero-order valence-electron chi connectivity index (χ0n) is 5.82. The average Bonchev–Trinajstić information content (AvgIpc) is 1.82. The molecule has 0 aliphatic heterocycles. The van der Waals surface area contributed by atoms with Crippen LogP contribution in [0.25, 0.3) is 0 Å². The highest BCUT2D eigenvalue weighted by Gasteiger charge is 2.03. The number of halogens is 2. The molecule has 0 radical (unpaired) electrons. The molecule has 0 aromatic rings. The third-order valence-corrected chi connectivity index (χ3v) is 1.93. The van der Waals surface area contributed by atoms with Gasteiger partial charge in [-0.25, -0.2) is 0 Å². The Hall–Kier alpha value is 0.720. The molecule has 3 heteroatoms. The maximum absolute atomic E-state index is 8.47. The van der Waals surface area contributed by atoms with Crippen molar-refractivity contribution in [2.75, 3.05) is 6.61 Å². The Morgan fingerprint density at radius 2 is 2.30 bits per heavy atom. The fraction of sp³-hybridized carbons (Fsp3) is 0.714. The summed E-state index contributed by atoms with van der Waals surface area (Å²) in [6.07, 6.45) is 2.51. The van der Waals surface area contributed by atoms with Crippen LogP contribution in [-0.4, -0.2) is 17.1 Å². The fourth-order valence-electron chi connectivity index (χ4n) is 0.655. The highest BCUT2D eigenvalue weighted by molar-refractivity contribution is 14.1. The molecular weight excluding hydrogens is 262 g/mol. The first-order chi connectivity index (χ1) is 4.66. The minimum atomic E-state index is 0.150. The summed E-state index contributed by atoms with van der Waals surface area (Å²) in [5.74, 6) is 0. The standard InChI is InChI=1S/C7H12ClIO/c1-6(9)5-7(8)3-2-4-10/h7,10H,1-5H2/t7-/m1/s1. The molecule has 0 aliphatic carbocycles. The van der Waals surface area contributed by atoms with Crippen LogP contribution in [0.1, 0.15) is 19.3 Å². The van der Waals surface area contributed by atoms with Crippen molar-refractivity contribution >= 4 is 34.2 Å². The van der Waals surface area contributed by atoms with Gasteiger partial charge in [-0.2, -0.15) is 0 Å². The minimum absolute atomic E-state index is 0.150. The molecule has 0 bridgehead atoms. The first-order valence-corrected chi connectivity index (χ1v) is 4.76. The van der Waals surface area contributed by atoms with Gasteiger partial charge < -0.3 is 5.11 Å². The lowest BCUT2D eigenvalue weighted by Crippen LogP contribution is -1.99. The Bertz CT molecular complexity index is 106. The summed E-state index contributed by atoms with van der Waals surface area (Å²) < 4.78 is 1.08. The van der Waals surface area contributed by atoms with Gasteiger partial charge in [-0.15, -0.1) is 11.6 Å². The molecule has 0 rings (SSSR count). The van der Waals surface area contributed by atoms with Crippen molar-refractivity contribution in [2.45, 2.75) is 24.6 Å². The topological polar surface area (TPSA) is 20.2 Å². The summed E-state index contributed by atoms with van der Waals surface area (Å²) in [6.45, 7) is 3.98. The van der Waals surface area contributed by atoms with Crippen LogP contribution in [0, 0.1) is 0 Å². The Morgan fingerprint density at radius 1 is 1.70 bits per heavy atom. The summed E-state index contributed by atoms with van der Waals surface area (Å²) in [6, 6.07) is 0. The van der Waals surface area contributed by atoms with Crippen molar-refractivity contribution in [2.24, 2.45) is 0 Å². The van der Waals surface area contributed by atoms with Crippen LogP contribution in [-0.2, 0) is 0 Å². The van der Waals surface area contributed by atoms with Gasteiger partial charge in [0, 0.05) is 12.0 Å². The zero-order valence-corrected chi connectivity index (χ0v) is 8.73. The molecule has 0 saturated carbocycles. The van der Waals surface area contributed by atoms with Gasteiger partial charge in [0.25, 0.3) is 0 Å². The molecular formula is C7H12ClIO. The number of allylic oxidation sites excluding steroid dienone is 1. The molecule has 1 nitrogen and oxygen atoms in total. The molecule has 0 amide bonds. The minimum Gasteiger partial charge on any atom is -0.396 e. The molecule has 0 heterocycles. The monoisotopic (exact) mass is 274 g/mol. The van der Waals surface area contributed by atoms with Gasteiger partial charge in [0.15, 0.2) is 0 Å². The number of aliphatic hydroxyl groups excluding tert-OH is 1. The second-order valence-corrected chi connectivity index (χ2v) is 4.33. The van der Waals surface area contributed by atoms with E-state index in [4.69, 9.17) is 16.7 Å². The predicted octanol–water partition coefficient (Wildman–Crippen LogP) is 2.71. The summed E-state index contributed by atoms with van der Waals surface area (Å²) in [7, 11) is 0.